The van der Waals surface area contributed by atoms with Crippen molar-refractivity contribution in [1.82, 2.24) is 19.5 Å². The van der Waals surface area contributed by atoms with Gasteiger partial charge in [-0.2, -0.15) is 4.31 Å². The molecule has 45 heavy (non-hydrogen) atoms. The van der Waals surface area contributed by atoms with Crippen LogP contribution < -0.4 is 5.32 Å². The van der Waals surface area contributed by atoms with Crippen LogP contribution in [0.5, 0.6) is 0 Å². The average molecular weight is 629 g/mol. The topological polar surface area (TPSA) is 99.7 Å². The number of aromatic nitrogens is 1. The summed E-state index contributed by atoms with van der Waals surface area (Å²) in [4.78, 5) is 33.6. The Morgan fingerprint density at radius 3 is 2.13 bits per heavy atom. The van der Waals surface area contributed by atoms with Crippen LogP contribution in [0.1, 0.15) is 41.5 Å². The first-order valence-electron chi connectivity index (χ1n) is 15.1. The summed E-state index contributed by atoms with van der Waals surface area (Å²) in [5, 5.41) is 2.99. The van der Waals surface area contributed by atoms with E-state index in [0.717, 1.165) is 29.5 Å². The van der Waals surface area contributed by atoms with E-state index < -0.39 is 16.1 Å². The monoisotopic (exact) mass is 628 g/mol. The van der Waals surface area contributed by atoms with E-state index in [1.165, 1.54) is 16.4 Å². The fraction of sp³-hybridized carbons (Fsp3) is 0.286. The van der Waals surface area contributed by atoms with E-state index in [1.807, 2.05) is 42.5 Å². The van der Waals surface area contributed by atoms with E-state index >= 15 is 0 Å². The Hall–Kier alpha value is -4.41. The highest BCUT2D eigenvalue weighted by Gasteiger charge is 2.31. The zero-order valence-electron chi connectivity index (χ0n) is 25.0. The number of amides is 2. The molecule has 234 valence electrons. The summed E-state index contributed by atoms with van der Waals surface area (Å²) < 4.78 is 41.1. The highest BCUT2D eigenvalue weighted by Crippen LogP contribution is 2.22. The zero-order chi connectivity index (χ0) is 31.6. The second-order valence-electron chi connectivity index (χ2n) is 11.2. The Morgan fingerprint density at radius 1 is 0.822 bits per heavy atom. The minimum atomic E-state index is -3.53. The fourth-order valence-electron chi connectivity index (χ4n) is 5.45. The molecule has 5 rings (SSSR count). The van der Waals surface area contributed by atoms with Gasteiger partial charge in [0.15, 0.2) is 0 Å². The molecule has 8 nitrogen and oxygen atoms in total. The molecule has 0 radical (unpaired) electrons. The summed E-state index contributed by atoms with van der Waals surface area (Å²) in [6.07, 6.45) is 5.78. The number of hydrogen-bond donors (Lipinski definition) is 1. The van der Waals surface area contributed by atoms with Crippen molar-refractivity contribution in [2.24, 2.45) is 0 Å². The van der Waals surface area contributed by atoms with Crippen LogP contribution in [0.3, 0.4) is 0 Å². The van der Waals surface area contributed by atoms with Crippen molar-refractivity contribution in [1.29, 1.82) is 0 Å². The van der Waals surface area contributed by atoms with Crippen molar-refractivity contribution in [2.45, 2.75) is 56.1 Å². The van der Waals surface area contributed by atoms with Crippen molar-refractivity contribution in [3.05, 3.63) is 131 Å². The summed E-state index contributed by atoms with van der Waals surface area (Å²) in [5.41, 5.74) is 3.28. The maximum absolute atomic E-state index is 14.0. The predicted molar refractivity (Wildman–Crippen MR) is 170 cm³/mol. The Morgan fingerprint density at radius 2 is 1.47 bits per heavy atom. The number of aryl methyl sites for hydroxylation is 1. The largest absolute Gasteiger partial charge is 0.350 e. The zero-order valence-corrected chi connectivity index (χ0v) is 25.8. The second-order valence-corrected chi connectivity index (χ2v) is 13.1. The van der Waals surface area contributed by atoms with Gasteiger partial charge in [0.2, 0.25) is 21.8 Å². The molecule has 0 spiro atoms. The molecule has 0 unspecified atom stereocenters. The Labute approximate surface area is 264 Å². The van der Waals surface area contributed by atoms with Crippen LogP contribution in [-0.4, -0.2) is 53.6 Å². The van der Waals surface area contributed by atoms with Gasteiger partial charge in [-0.1, -0.05) is 54.6 Å². The van der Waals surface area contributed by atoms with E-state index in [1.54, 1.807) is 53.7 Å². The van der Waals surface area contributed by atoms with Gasteiger partial charge in [-0.05, 0) is 77.9 Å². The normalized spacial score (nSPS) is 14.2. The molecule has 3 aromatic carbocycles. The quantitative estimate of drug-likeness (QED) is 0.227. The molecule has 1 atom stereocenters. The minimum absolute atomic E-state index is 0.0995. The van der Waals surface area contributed by atoms with Crippen molar-refractivity contribution >= 4 is 21.8 Å². The Bertz CT molecular complexity index is 1660. The molecular weight excluding hydrogens is 591 g/mol. The van der Waals surface area contributed by atoms with Crippen molar-refractivity contribution < 1.29 is 22.4 Å². The van der Waals surface area contributed by atoms with Gasteiger partial charge >= 0.3 is 0 Å². The number of carbonyl (C=O) groups is 2. The van der Waals surface area contributed by atoms with E-state index in [4.69, 9.17) is 0 Å². The molecule has 0 saturated carbocycles. The van der Waals surface area contributed by atoms with Crippen molar-refractivity contribution in [3.63, 3.8) is 0 Å². The summed E-state index contributed by atoms with van der Waals surface area (Å²) in [5.74, 6) is -0.932. The van der Waals surface area contributed by atoms with E-state index in [9.17, 15) is 22.4 Å². The molecule has 1 N–H and O–H groups in total. The highest BCUT2D eigenvalue weighted by molar-refractivity contribution is 7.89. The van der Waals surface area contributed by atoms with Gasteiger partial charge in [0.25, 0.3) is 0 Å². The van der Waals surface area contributed by atoms with Crippen LogP contribution in [0.2, 0.25) is 0 Å². The van der Waals surface area contributed by atoms with Gasteiger partial charge in [-0.25, -0.2) is 12.8 Å². The molecule has 1 saturated heterocycles. The van der Waals surface area contributed by atoms with Gasteiger partial charge in [-0.15, -0.1) is 0 Å². The fourth-order valence-corrected chi connectivity index (χ4v) is 6.97. The predicted octanol–water partition coefficient (Wildman–Crippen LogP) is 4.89. The van der Waals surface area contributed by atoms with E-state index in [0.29, 0.717) is 31.5 Å². The summed E-state index contributed by atoms with van der Waals surface area (Å²) in [6.45, 7) is 1.45. The van der Waals surface area contributed by atoms with Gasteiger partial charge in [0.1, 0.15) is 11.9 Å². The molecule has 1 aliphatic heterocycles. The van der Waals surface area contributed by atoms with Crippen LogP contribution in [-0.2, 0) is 45.5 Å². The third kappa shape index (κ3) is 8.61. The molecule has 10 heteroatoms. The number of hydrogen-bond acceptors (Lipinski definition) is 5. The first kappa shape index (κ1) is 32.0. The van der Waals surface area contributed by atoms with Crippen LogP contribution in [0, 0.1) is 5.82 Å². The lowest BCUT2D eigenvalue weighted by atomic mass is 10.0. The third-order valence-corrected chi connectivity index (χ3v) is 9.92. The van der Waals surface area contributed by atoms with Crippen LogP contribution >= 0.6 is 0 Å². The number of nitrogens with one attached hydrogen (secondary N) is 1. The summed E-state index contributed by atoms with van der Waals surface area (Å²) in [7, 11) is -3.53. The lowest BCUT2D eigenvalue weighted by molar-refractivity contribution is -0.141. The lowest BCUT2D eigenvalue weighted by Gasteiger charge is -2.32. The standard InChI is InChI=1S/C35H37FN4O4S/c36-31-13-8-30(9-14-31)26-40(33(24-28-6-2-1-3-7-28)35(42)38-25-29-18-20-37-21-19-29)34(41)17-12-27-10-15-32(16-11-27)45(43,44)39-22-4-5-23-39/h1-3,6-11,13-16,18-21,33H,4-5,12,17,22-26H2,(H,38,42)/t33-/m1/s1. The van der Waals surface area contributed by atoms with E-state index in [2.05, 4.69) is 10.3 Å². The molecule has 4 aromatic rings. The van der Waals surface area contributed by atoms with Crippen molar-refractivity contribution in [2.75, 3.05) is 13.1 Å². The molecular formula is C35H37FN4O4S. The maximum atomic E-state index is 14.0. The molecule has 1 fully saturated rings. The molecule has 1 aromatic heterocycles. The number of rotatable bonds is 13. The smallest absolute Gasteiger partial charge is 0.243 e. The molecule has 2 heterocycles. The van der Waals surface area contributed by atoms with Gasteiger partial charge < -0.3 is 10.2 Å². The van der Waals surface area contributed by atoms with Crippen molar-refractivity contribution in [3.8, 4) is 0 Å². The van der Waals surface area contributed by atoms with Gasteiger partial charge in [0, 0.05) is 51.4 Å². The van der Waals surface area contributed by atoms with Gasteiger partial charge in [0.05, 0.1) is 4.90 Å². The Balaban J connectivity index is 1.36. The number of benzene rings is 3. The number of nitrogens with zero attached hydrogens (tertiary/aromatic N) is 3. The molecule has 0 aliphatic carbocycles. The van der Waals surface area contributed by atoms with E-state index in [-0.39, 0.29) is 42.0 Å². The lowest BCUT2D eigenvalue weighted by Crippen LogP contribution is -2.50. The minimum Gasteiger partial charge on any atom is -0.350 e. The van der Waals surface area contributed by atoms with Crippen LogP contribution in [0.4, 0.5) is 4.39 Å². The SMILES string of the molecule is O=C(NCc1ccncc1)[C@@H](Cc1ccccc1)N(Cc1ccc(F)cc1)C(=O)CCc1ccc(S(=O)(=O)N2CCCC2)cc1. The molecule has 1 aliphatic rings. The van der Waals surface area contributed by atoms with Gasteiger partial charge in [-0.3, -0.25) is 14.6 Å². The number of carbonyl (C=O) groups excluding carboxylic acids is 2. The number of halogens is 1. The second kappa shape index (κ2) is 15.0. The van der Waals surface area contributed by atoms with Crippen LogP contribution in [0.15, 0.2) is 108 Å². The first-order valence-corrected chi connectivity index (χ1v) is 16.6. The molecule has 2 amide bonds. The summed E-state index contributed by atoms with van der Waals surface area (Å²) in [6, 6.07) is 24.9. The molecule has 0 bridgehead atoms. The highest BCUT2D eigenvalue weighted by atomic mass is 32.2. The van der Waals surface area contributed by atoms with Crippen LogP contribution in [0.25, 0.3) is 0 Å². The summed E-state index contributed by atoms with van der Waals surface area (Å²) >= 11 is 0. The maximum Gasteiger partial charge on any atom is 0.243 e. The Kier molecular flexibility index (Phi) is 10.7. The number of sulfonamides is 1. The third-order valence-electron chi connectivity index (χ3n) is 8.01. The first-order chi connectivity index (χ1) is 21.8. The average Bonchev–Trinajstić information content (AvgIpc) is 3.63. The number of pyridine rings is 1.